The lowest BCUT2D eigenvalue weighted by atomic mass is 10.1. The van der Waals surface area contributed by atoms with E-state index < -0.39 is 5.97 Å². The van der Waals surface area contributed by atoms with E-state index >= 15 is 0 Å². The van der Waals surface area contributed by atoms with Crippen LogP contribution in [0.3, 0.4) is 0 Å². The van der Waals surface area contributed by atoms with Gasteiger partial charge in [-0.15, -0.1) is 0 Å². The van der Waals surface area contributed by atoms with Gasteiger partial charge in [0.25, 0.3) is 5.91 Å². The highest BCUT2D eigenvalue weighted by Gasteiger charge is 2.28. The van der Waals surface area contributed by atoms with Gasteiger partial charge < -0.3 is 14.7 Å². The van der Waals surface area contributed by atoms with E-state index in [4.69, 9.17) is 9.84 Å². The molecule has 2 heterocycles. The molecule has 0 aliphatic carbocycles. The first-order chi connectivity index (χ1) is 8.61. The number of likely N-dealkylation sites (N-methyl/N-ethyl adjacent to an activating group) is 1. The summed E-state index contributed by atoms with van der Waals surface area (Å²) in [6, 6.07) is 2.86. The standard InChI is InChI=1S/C12H14N2O4/c1-14(8-4-6-18-7-8)11(15)10-9(12(16)17)3-2-5-13-10/h2-3,5,8H,4,6-7H2,1H3,(H,16,17). The second-order valence-electron chi connectivity index (χ2n) is 4.14. The molecule has 96 valence electrons. The van der Waals surface area contributed by atoms with Crippen LogP contribution in [0.1, 0.15) is 27.3 Å². The molecular formula is C12H14N2O4. The molecular weight excluding hydrogens is 236 g/mol. The van der Waals surface area contributed by atoms with Crippen molar-refractivity contribution in [2.75, 3.05) is 20.3 Å². The highest BCUT2D eigenvalue weighted by atomic mass is 16.5. The number of rotatable bonds is 3. The van der Waals surface area contributed by atoms with Crippen LogP contribution >= 0.6 is 0 Å². The average molecular weight is 250 g/mol. The number of carboxylic acids is 1. The molecule has 0 aromatic carbocycles. The summed E-state index contributed by atoms with van der Waals surface area (Å²) in [5.74, 6) is -1.54. The van der Waals surface area contributed by atoms with E-state index in [1.807, 2.05) is 0 Å². The van der Waals surface area contributed by atoms with Crippen molar-refractivity contribution in [3.05, 3.63) is 29.6 Å². The molecule has 1 aliphatic heterocycles. The fourth-order valence-electron chi connectivity index (χ4n) is 1.91. The smallest absolute Gasteiger partial charge is 0.338 e. The third-order valence-electron chi connectivity index (χ3n) is 3.01. The Labute approximate surface area is 104 Å². The van der Waals surface area contributed by atoms with Crippen LogP contribution in [0.5, 0.6) is 0 Å². The van der Waals surface area contributed by atoms with Crippen LogP contribution in [0.25, 0.3) is 0 Å². The molecule has 18 heavy (non-hydrogen) atoms. The number of aromatic nitrogens is 1. The van der Waals surface area contributed by atoms with Crippen molar-refractivity contribution in [3.63, 3.8) is 0 Å². The van der Waals surface area contributed by atoms with Gasteiger partial charge in [-0.3, -0.25) is 9.78 Å². The molecule has 6 nitrogen and oxygen atoms in total. The molecule has 1 unspecified atom stereocenters. The summed E-state index contributed by atoms with van der Waals surface area (Å²) >= 11 is 0. The van der Waals surface area contributed by atoms with Crippen LogP contribution in [-0.4, -0.2) is 53.2 Å². The van der Waals surface area contributed by atoms with Crippen molar-refractivity contribution < 1.29 is 19.4 Å². The molecule has 0 spiro atoms. The molecule has 0 saturated carbocycles. The monoisotopic (exact) mass is 250 g/mol. The average Bonchev–Trinajstić information content (AvgIpc) is 2.90. The summed E-state index contributed by atoms with van der Waals surface area (Å²) < 4.78 is 5.21. The number of nitrogens with zero attached hydrogens (tertiary/aromatic N) is 2. The summed E-state index contributed by atoms with van der Waals surface area (Å²) in [6.45, 7) is 1.10. The summed E-state index contributed by atoms with van der Waals surface area (Å²) in [6.07, 6.45) is 2.18. The van der Waals surface area contributed by atoms with Crippen LogP contribution in [0, 0.1) is 0 Å². The van der Waals surface area contributed by atoms with Crippen LogP contribution in [0.4, 0.5) is 0 Å². The minimum Gasteiger partial charge on any atom is -0.478 e. The van der Waals surface area contributed by atoms with E-state index in [-0.39, 0.29) is 23.2 Å². The van der Waals surface area contributed by atoms with E-state index in [1.165, 1.54) is 23.2 Å². The maximum absolute atomic E-state index is 12.2. The Hall–Kier alpha value is -1.95. The van der Waals surface area contributed by atoms with Crippen molar-refractivity contribution in [1.29, 1.82) is 0 Å². The quantitative estimate of drug-likeness (QED) is 0.851. The summed E-state index contributed by atoms with van der Waals surface area (Å²) in [5, 5.41) is 9.03. The molecule has 1 aromatic rings. The van der Waals surface area contributed by atoms with Gasteiger partial charge in [-0.25, -0.2) is 4.79 Å². The van der Waals surface area contributed by atoms with Gasteiger partial charge in [-0.2, -0.15) is 0 Å². The fraction of sp³-hybridized carbons (Fsp3) is 0.417. The number of pyridine rings is 1. The van der Waals surface area contributed by atoms with Crippen LogP contribution in [0.15, 0.2) is 18.3 Å². The molecule has 1 aromatic heterocycles. The third kappa shape index (κ3) is 2.33. The summed E-state index contributed by atoms with van der Waals surface area (Å²) in [7, 11) is 1.64. The molecule has 1 amide bonds. The molecule has 1 N–H and O–H groups in total. The first kappa shape index (κ1) is 12.5. The maximum Gasteiger partial charge on any atom is 0.338 e. The highest BCUT2D eigenvalue weighted by Crippen LogP contribution is 2.15. The zero-order chi connectivity index (χ0) is 13.1. The summed E-state index contributed by atoms with van der Waals surface area (Å²) in [5.41, 5.74) is -0.104. The minimum absolute atomic E-state index is 0.0128. The number of carbonyl (C=O) groups excluding carboxylic acids is 1. The van der Waals surface area contributed by atoms with Crippen molar-refractivity contribution in [3.8, 4) is 0 Å². The molecule has 0 radical (unpaired) electrons. The predicted octanol–water partition coefficient (Wildman–Crippen LogP) is 0.641. The Kier molecular flexibility index (Phi) is 3.57. The number of hydrogen-bond acceptors (Lipinski definition) is 4. The zero-order valence-electron chi connectivity index (χ0n) is 10.00. The minimum atomic E-state index is -1.15. The lowest BCUT2D eigenvalue weighted by molar-refractivity contribution is 0.0657. The van der Waals surface area contributed by atoms with Crippen molar-refractivity contribution in [2.24, 2.45) is 0 Å². The van der Waals surface area contributed by atoms with Gasteiger partial charge in [0.2, 0.25) is 0 Å². The van der Waals surface area contributed by atoms with E-state index in [1.54, 1.807) is 7.05 Å². The van der Waals surface area contributed by atoms with Gasteiger partial charge in [0.05, 0.1) is 18.2 Å². The number of hydrogen-bond donors (Lipinski definition) is 1. The zero-order valence-corrected chi connectivity index (χ0v) is 10.00. The lowest BCUT2D eigenvalue weighted by Gasteiger charge is -2.23. The highest BCUT2D eigenvalue weighted by molar-refractivity contribution is 6.03. The predicted molar refractivity (Wildman–Crippen MR) is 62.5 cm³/mol. The van der Waals surface area contributed by atoms with Gasteiger partial charge in [-0.05, 0) is 18.6 Å². The summed E-state index contributed by atoms with van der Waals surface area (Å²) in [4.78, 5) is 28.6. The first-order valence-corrected chi connectivity index (χ1v) is 5.64. The first-order valence-electron chi connectivity index (χ1n) is 5.64. The van der Waals surface area contributed by atoms with Crippen molar-refractivity contribution in [2.45, 2.75) is 12.5 Å². The normalized spacial score (nSPS) is 18.6. The molecule has 1 aliphatic rings. The number of ether oxygens (including phenoxy) is 1. The van der Waals surface area contributed by atoms with Crippen LogP contribution < -0.4 is 0 Å². The van der Waals surface area contributed by atoms with Crippen LogP contribution in [-0.2, 0) is 4.74 Å². The Bertz CT molecular complexity index is 469. The largest absolute Gasteiger partial charge is 0.478 e. The lowest BCUT2D eigenvalue weighted by Crippen LogP contribution is -2.38. The molecule has 6 heteroatoms. The second-order valence-corrected chi connectivity index (χ2v) is 4.14. The SMILES string of the molecule is CN(C(=O)c1ncccc1C(=O)O)C1CCOC1. The number of aromatic carboxylic acids is 1. The Balaban J connectivity index is 2.25. The van der Waals surface area contributed by atoms with E-state index in [9.17, 15) is 9.59 Å². The molecule has 2 rings (SSSR count). The molecule has 1 saturated heterocycles. The molecule has 0 bridgehead atoms. The second kappa shape index (κ2) is 5.14. The van der Waals surface area contributed by atoms with E-state index in [0.717, 1.165) is 6.42 Å². The van der Waals surface area contributed by atoms with E-state index in [2.05, 4.69) is 4.98 Å². The van der Waals surface area contributed by atoms with Gasteiger partial charge in [0, 0.05) is 19.9 Å². The van der Waals surface area contributed by atoms with Gasteiger partial charge in [0.1, 0.15) is 5.69 Å². The van der Waals surface area contributed by atoms with Gasteiger partial charge in [0.15, 0.2) is 0 Å². The number of carbonyl (C=O) groups is 2. The van der Waals surface area contributed by atoms with Crippen LogP contribution in [0.2, 0.25) is 0 Å². The Morgan fingerprint density at radius 3 is 2.94 bits per heavy atom. The maximum atomic E-state index is 12.2. The van der Waals surface area contributed by atoms with E-state index in [0.29, 0.717) is 13.2 Å². The Morgan fingerprint density at radius 1 is 1.56 bits per heavy atom. The topological polar surface area (TPSA) is 79.7 Å². The number of carboxylic acid groups (broad SMARTS) is 1. The Morgan fingerprint density at radius 2 is 2.33 bits per heavy atom. The van der Waals surface area contributed by atoms with Crippen molar-refractivity contribution >= 4 is 11.9 Å². The number of amides is 1. The molecule has 1 atom stereocenters. The van der Waals surface area contributed by atoms with Gasteiger partial charge in [-0.1, -0.05) is 0 Å². The third-order valence-corrected chi connectivity index (χ3v) is 3.01. The molecule has 1 fully saturated rings. The fourth-order valence-corrected chi connectivity index (χ4v) is 1.91. The van der Waals surface area contributed by atoms with Gasteiger partial charge >= 0.3 is 5.97 Å². The van der Waals surface area contributed by atoms with Crippen molar-refractivity contribution in [1.82, 2.24) is 9.88 Å².